The first-order valence-corrected chi connectivity index (χ1v) is 4.20. The summed E-state index contributed by atoms with van der Waals surface area (Å²) in [6.07, 6.45) is 6.57. The second kappa shape index (κ2) is 4.60. The van der Waals surface area contributed by atoms with Gasteiger partial charge < -0.3 is 9.53 Å². The van der Waals surface area contributed by atoms with Crippen LogP contribution in [0.3, 0.4) is 0 Å². The van der Waals surface area contributed by atoms with E-state index in [-0.39, 0.29) is 24.4 Å². The summed E-state index contributed by atoms with van der Waals surface area (Å²) in [5.41, 5.74) is 0. The molecule has 1 fully saturated rings. The van der Waals surface area contributed by atoms with Crippen molar-refractivity contribution in [2.45, 2.75) is 18.9 Å². The molecule has 0 radical (unpaired) electrons. The number of rotatable bonds is 4. The second-order valence-corrected chi connectivity index (χ2v) is 2.93. The zero-order valence-electron chi connectivity index (χ0n) is 7.31. The summed E-state index contributed by atoms with van der Waals surface area (Å²) in [6, 6.07) is 0. The minimum atomic E-state index is -0.283. The lowest BCUT2D eigenvalue weighted by molar-refractivity contribution is -0.141. The van der Waals surface area contributed by atoms with Crippen molar-refractivity contribution in [1.29, 1.82) is 0 Å². The Labute approximate surface area is 77.1 Å². The Kier molecular flexibility index (Phi) is 3.43. The van der Waals surface area contributed by atoms with Gasteiger partial charge >= 0.3 is 5.97 Å². The fourth-order valence-electron chi connectivity index (χ4n) is 1.30. The van der Waals surface area contributed by atoms with E-state index in [0.29, 0.717) is 6.42 Å². The first-order chi connectivity index (χ1) is 6.27. The van der Waals surface area contributed by atoms with Crippen molar-refractivity contribution in [3.05, 3.63) is 24.8 Å². The zero-order chi connectivity index (χ0) is 9.68. The summed E-state index contributed by atoms with van der Waals surface area (Å²) in [5, 5.41) is 0. The third-order valence-corrected chi connectivity index (χ3v) is 1.98. The summed E-state index contributed by atoms with van der Waals surface area (Å²) >= 11 is 0. The predicted octanol–water partition coefficient (Wildman–Crippen LogP) is 1.25. The zero-order valence-corrected chi connectivity index (χ0v) is 7.31. The van der Waals surface area contributed by atoms with E-state index in [1.54, 1.807) is 12.2 Å². The van der Waals surface area contributed by atoms with Gasteiger partial charge in [-0.3, -0.25) is 4.79 Å². The molecule has 0 amide bonds. The monoisotopic (exact) mass is 180 g/mol. The maximum Gasteiger partial charge on any atom is 0.306 e. The smallest absolute Gasteiger partial charge is 0.306 e. The van der Waals surface area contributed by atoms with Gasteiger partial charge in [0.15, 0.2) is 0 Å². The van der Waals surface area contributed by atoms with E-state index in [1.807, 2.05) is 6.08 Å². The molecular weight excluding hydrogens is 168 g/mol. The van der Waals surface area contributed by atoms with Crippen molar-refractivity contribution in [3.8, 4) is 0 Å². The number of esters is 1. The van der Waals surface area contributed by atoms with Crippen LogP contribution in [-0.2, 0) is 14.3 Å². The van der Waals surface area contributed by atoms with Gasteiger partial charge in [0.2, 0.25) is 0 Å². The van der Waals surface area contributed by atoms with Gasteiger partial charge in [0.25, 0.3) is 0 Å². The van der Waals surface area contributed by atoms with E-state index in [1.165, 1.54) is 0 Å². The third-order valence-electron chi connectivity index (χ3n) is 1.98. The Bertz CT molecular complexity index is 243. The molecule has 70 valence electrons. The van der Waals surface area contributed by atoms with Gasteiger partial charge in [-0.25, -0.2) is 0 Å². The molecule has 1 saturated heterocycles. The summed E-state index contributed by atoms with van der Waals surface area (Å²) < 4.78 is 4.96. The van der Waals surface area contributed by atoms with E-state index in [4.69, 9.17) is 4.74 Å². The van der Waals surface area contributed by atoms with Crippen LogP contribution in [0.1, 0.15) is 12.8 Å². The maximum absolute atomic E-state index is 10.8. The topological polar surface area (TPSA) is 43.4 Å². The van der Waals surface area contributed by atoms with Crippen molar-refractivity contribution in [2.75, 3.05) is 0 Å². The summed E-state index contributed by atoms with van der Waals surface area (Å²) in [6.45, 7) is 3.51. The highest BCUT2D eigenvalue weighted by atomic mass is 16.5. The average molecular weight is 180 g/mol. The van der Waals surface area contributed by atoms with Gasteiger partial charge in [-0.2, -0.15) is 0 Å². The van der Waals surface area contributed by atoms with Gasteiger partial charge in [0.05, 0.1) is 12.3 Å². The molecule has 0 aromatic carbocycles. The molecule has 13 heavy (non-hydrogen) atoms. The normalized spacial score (nSPS) is 27.5. The molecular formula is C10H12O3. The lowest BCUT2D eigenvalue weighted by Crippen LogP contribution is -2.15. The van der Waals surface area contributed by atoms with Gasteiger partial charge in [0, 0.05) is 6.42 Å². The van der Waals surface area contributed by atoms with Crippen molar-refractivity contribution >= 4 is 12.3 Å². The van der Waals surface area contributed by atoms with Crippen LogP contribution in [0.25, 0.3) is 0 Å². The molecule has 1 heterocycles. The number of hydrogen-bond donors (Lipinski definition) is 0. The minimum absolute atomic E-state index is 0.218. The highest BCUT2D eigenvalue weighted by molar-refractivity contribution is 5.77. The standard InChI is InChI=1S/C10H12O3/c1-2-3-4-5-9-8(7-11)6-10(12)13-9/h2-4,7-9H,1,5-6H2/b4-3+/t8-,9-/m0/s1. The number of carbonyl (C=O) groups is 2. The van der Waals surface area contributed by atoms with E-state index in [2.05, 4.69) is 6.58 Å². The first-order valence-electron chi connectivity index (χ1n) is 4.20. The summed E-state index contributed by atoms with van der Waals surface area (Å²) in [5.74, 6) is -0.559. The van der Waals surface area contributed by atoms with Crippen LogP contribution in [0, 0.1) is 5.92 Å². The van der Waals surface area contributed by atoms with Crippen molar-refractivity contribution in [1.82, 2.24) is 0 Å². The van der Waals surface area contributed by atoms with Crippen LogP contribution in [0.2, 0.25) is 0 Å². The molecule has 2 atom stereocenters. The fourth-order valence-corrected chi connectivity index (χ4v) is 1.30. The number of allylic oxidation sites excluding steroid dienone is 2. The molecule has 0 saturated carbocycles. The van der Waals surface area contributed by atoms with Gasteiger partial charge in [-0.15, -0.1) is 0 Å². The van der Waals surface area contributed by atoms with Crippen LogP contribution in [-0.4, -0.2) is 18.4 Å². The number of aldehydes is 1. The number of hydrogen-bond acceptors (Lipinski definition) is 3. The first kappa shape index (κ1) is 9.71. The summed E-state index contributed by atoms with van der Waals surface area (Å²) in [4.78, 5) is 21.3. The van der Waals surface area contributed by atoms with Crippen LogP contribution < -0.4 is 0 Å². The average Bonchev–Trinajstić information content (AvgIpc) is 2.47. The molecule has 0 aliphatic carbocycles. The molecule has 0 aromatic heterocycles. The summed E-state index contributed by atoms with van der Waals surface area (Å²) in [7, 11) is 0. The molecule has 0 bridgehead atoms. The van der Waals surface area contributed by atoms with Crippen LogP contribution in [0.15, 0.2) is 24.8 Å². The highest BCUT2D eigenvalue weighted by Crippen LogP contribution is 2.22. The molecule has 3 nitrogen and oxygen atoms in total. The molecule has 3 heteroatoms. The Morgan fingerprint density at radius 3 is 3.00 bits per heavy atom. The molecule has 0 spiro atoms. The van der Waals surface area contributed by atoms with Gasteiger partial charge in [-0.1, -0.05) is 24.8 Å². The van der Waals surface area contributed by atoms with Crippen LogP contribution in [0.5, 0.6) is 0 Å². The Hall–Kier alpha value is -1.38. The molecule has 0 N–H and O–H groups in total. The second-order valence-electron chi connectivity index (χ2n) is 2.93. The van der Waals surface area contributed by atoms with Crippen molar-refractivity contribution in [3.63, 3.8) is 0 Å². The Morgan fingerprint density at radius 2 is 2.38 bits per heavy atom. The fraction of sp³-hybridized carbons (Fsp3) is 0.400. The largest absolute Gasteiger partial charge is 0.461 e. The Balaban J connectivity index is 2.48. The van der Waals surface area contributed by atoms with Crippen LogP contribution >= 0.6 is 0 Å². The number of cyclic esters (lactones) is 1. The minimum Gasteiger partial charge on any atom is -0.461 e. The SMILES string of the molecule is C=C/C=C/C[C@@H]1OC(=O)C[C@H]1C=O. The molecule has 0 unspecified atom stereocenters. The molecule has 1 aliphatic heterocycles. The lowest BCUT2D eigenvalue weighted by Gasteiger charge is -2.08. The Morgan fingerprint density at radius 1 is 1.62 bits per heavy atom. The van der Waals surface area contributed by atoms with Gasteiger partial charge in [-0.05, 0) is 0 Å². The third kappa shape index (κ3) is 2.54. The van der Waals surface area contributed by atoms with Gasteiger partial charge in [0.1, 0.15) is 12.4 Å². The lowest BCUT2D eigenvalue weighted by atomic mass is 10.0. The number of carbonyl (C=O) groups excluding carboxylic acids is 2. The molecule has 1 rings (SSSR count). The van der Waals surface area contributed by atoms with E-state index >= 15 is 0 Å². The van der Waals surface area contributed by atoms with Crippen molar-refractivity contribution in [2.24, 2.45) is 5.92 Å². The maximum atomic E-state index is 10.8. The van der Waals surface area contributed by atoms with E-state index in [0.717, 1.165) is 6.29 Å². The molecule has 1 aliphatic rings. The van der Waals surface area contributed by atoms with Crippen LogP contribution in [0.4, 0.5) is 0 Å². The quantitative estimate of drug-likeness (QED) is 0.371. The van der Waals surface area contributed by atoms with E-state index < -0.39 is 0 Å². The molecule has 0 aromatic rings. The predicted molar refractivity (Wildman–Crippen MR) is 48.0 cm³/mol. The highest BCUT2D eigenvalue weighted by Gasteiger charge is 2.33. The van der Waals surface area contributed by atoms with Crippen molar-refractivity contribution < 1.29 is 14.3 Å². The number of ether oxygens (including phenoxy) is 1. The van der Waals surface area contributed by atoms with E-state index in [9.17, 15) is 9.59 Å².